The third-order valence-electron chi connectivity index (χ3n) is 5.47. The first-order valence-corrected chi connectivity index (χ1v) is 13.4. The van der Waals surface area contributed by atoms with Gasteiger partial charge in [-0.3, -0.25) is 19.2 Å². The molecule has 32 heavy (non-hydrogen) atoms. The highest BCUT2D eigenvalue weighted by Crippen LogP contribution is 2.24. The van der Waals surface area contributed by atoms with Gasteiger partial charge in [0.1, 0.15) is 18.2 Å². The van der Waals surface area contributed by atoms with Crippen LogP contribution in [0.4, 0.5) is 0 Å². The van der Waals surface area contributed by atoms with Crippen molar-refractivity contribution in [1.82, 2.24) is 16.0 Å². The van der Waals surface area contributed by atoms with Crippen LogP contribution in [0, 0.1) is 5.92 Å². The molecule has 180 valence electrons. The van der Waals surface area contributed by atoms with E-state index in [-0.39, 0.29) is 18.8 Å². The highest BCUT2D eigenvalue weighted by atomic mass is 33.1. The van der Waals surface area contributed by atoms with E-state index in [0.717, 1.165) is 5.75 Å². The number of carbonyl (C=O) groups is 4. The second-order valence-electron chi connectivity index (χ2n) is 8.10. The van der Waals surface area contributed by atoms with Crippen molar-refractivity contribution in [1.29, 1.82) is 0 Å². The van der Waals surface area contributed by atoms with Crippen LogP contribution in [0.2, 0.25) is 0 Å². The van der Waals surface area contributed by atoms with E-state index in [2.05, 4.69) is 16.0 Å². The second-order valence-corrected chi connectivity index (χ2v) is 10.7. The van der Waals surface area contributed by atoms with Crippen molar-refractivity contribution >= 4 is 45.3 Å². The van der Waals surface area contributed by atoms with Gasteiger partial charge >= 0.3 is 5.97 Å². The van der Waals surface area contributed by atoms with Crippen molar-refractivity contribution in [3.05, 3.63) is 12.2 Å². The van der Waals surface area contributed by atoms with Crippen molar-refractivity contribution in [2.75, 3.05) is 11.5 Å². The number of hydrogen-bond acceptors (Lipinski definition) is 8. The molecule has 6 unspecified atom stereocenters. The molecular formula is C21H33N3O6S2. The molecule has 0 aromatic carbocycles. The Morgan fingerprint density at radius 2 is 1.88 bits per heavy atom. The first-order chi connectivity index (χ1) is 15.2. The first-order valence-electron chi connectivity index (χ1n) is 10.9. The Morgan fingerprint density at radius 1 is 1.12 bits per heavy atom. The van der Waals surface area contributed by atoms with Crippen LogP contribution in [0.15, 0.2) is 12.2 Å². The Bertz CT molecular complexity index is 720. The lowest BCUT2D eigenvalue weighted by Crippen LogP contribution is -2.57. The molecule has 0 radical (unpaired) electrons. The van der Waals surface area contributed by atoms with Gasteiger partial charge in [0.2, 0.25) is 17.7 Å². The molecule has 1 fully saturated rings. The van der Waals surface area contributed by atoms with E-state index >= 15 is 0 Å². The predicted molar refractivity (Wildman–Crippen MR) is 125 cm³/mol. The molecule has 11 heteroatoms. The molecule has 0 spiro atoms. The molecule has 2 heterocycles. The first kappa shape index (κ1) is 26.5. The zero-order valence-corrected chi connectivity index (χ0v) is 20.3. The van der Waals surface area contributed by atoms with E-state index in [9.17, 15) is 24.3 Å². The summed E-state index contributed by atoms with van der Waals surface area (Å²) >= 11 is 0. The van der Waals surface area contributed by atoms with Gasteiger partial charge < -0.3 is 25.8 Å². The molecule has 4 N–H and O–H groups in total. The van der Waals surface area contributed by atoms with Crippen molar-refractivity contribution in [3.63, 3.8) is 0 Å². The van der Waals surface area contributed by atoms with E-state index in [1.54, 1.807) is 16.9 Å². The smallest absolute Gasteiger partial charge is 0.309 e. The SMILES string of the molecule is CCC(C)C1NC(=O)C2CSSCC/C=C/C(CC(=O)NC(C)C(=O)N2)OC(=O)CC1O. The van der Waals surface area contributed by atoms with Gasteiger partial charge in [-0.05, 0) is 25.3 Å². The number of carbonyl (C=O) groups excluding carboxylic acids is 4. The normalized spacial score (nSPS) is 33.3. The van der Waals surface area contributed by atoms with Crippen LogP contribution in [-0.2, 0) is 23.9 Å². The standard InChI is InChI=1S/C21H33N3O6S2/c1-4-12(2)19-16(25)10-18(27)30-14-7-5-6-8-31-32-11-15(21(29)24-19)23-20(28)13(3)22-17(26)9-14/h5,7,12-16,19,25H,4,6,8-11H2,1-3H3,(H,22,26)(H,23,28)(H,24,29)/b7-5+. The Morgan fingerprint density at radius 3 is 2.59 bits per heavy atom. The third-order valence-corrected chi connectivity index (χ3v) is 7.91. The van der Waals surface area contributed by atoms with Crippen LogP contribution >= 0.6 is 21.6 Å². The fourth-order valence-electron chi connectivity index (χ4n) is 3.37. The lowest BCUT2D eigenvalue weighted by Gasteiger charge is -2.30. The van der Waals surface area contributed by atoms with Gasteiger partial charge in [0, 0.05) is 11.5 Å². The van der Waals surface area contributed by atoms with Crippen molar-refractivity contribution < 1.29 is 29.0 Å². The molecule has 1 saturated heterocycles. The van der Waals surface area contributed by atoms with Crippen LogP contribution in [0.5, 0.6) is 0 Å². The fraction of sp³-hybridized carbons (Fsp3) is 0.714. The molecule has 0 aliphatic carbocycles. The second kappa shape index (κ2) is 13.1. The molecule has 6 atom stereocenters. The summed E-state index contributed by atoms with van der Waals surface area (Å²) in [5.41, 5.74) is 0. The van der Waals surface area contributed by atoms with E-state index < -0.39 is 54.0 Å². The number of fused-ring (bicyclic) bond motifs is 7. The van der Waals surface area contributed by atoms with Gasteiger partial charge in [-0.1, -0.05) is 47.9 Å². The minimum atomic E-state index is -1.17. The number of amides is 3. The van der Waals surface area contributed by atoms with Crippen molar-refractivity contribution in [3.8, 4) is 0 Å². The monoisotopic (exact) mass is 487 g/mol. The zero-order valence-electron chi connectivity index (χ0n) is 18.7. The van der Waals surface area contributed by atoms with Gasteiger partial charge in [-0.15, -0.1) is 0 Å². The number of allylic oxidation sites excluding steroid dienone is 1. The number of hydrogen-bond donors (Lipinski definition) is 4. The lowest BCUT2D eigenvalue weighted by molar-refractivity contribution is -0.151. The molecule has 2 aliphatic heterocycles. The summed E-state index contributed by atoms with van der Waals surface area (Å²) in [6.45, 7) is 5.33. The Labute approximate surface area is 196 Å². The molecule has 2 rings (SSSR count). The molecule has 0 aromatic heterocycles. The Balaban J connectivity index is 2.43. The third kappa shape index (κ3) is 8.32. The maximum atomic E-state index is 13.1. The summed E-state index contributed by atoms with van der Waals surface area (Å²) < 4.78 is 5.46. The summed E-state index contributed by atoms with van der Waals surface area (Å²) in [6.07, 6.45) is 2.41. The van der Waals surface area contributed by atoms with E-state index in [1.165, 1.54) is 17.7 Å². The molecule has 0 aromatic rings. The maximum absolute atomic E-state index is 13.1. The van der Waals surface area contributed by atoms with Gasteiger partial charge in [0.05, 0.1) is 25.0 Å². The van der Waals surface area contributed by atoms with E-state index in [0.29, 0.717) is 18.6 Å². The minimum absolute atomic E-state index is 0.118. The summed E-state index contributed by atoms with van der Waals surface area (Å²) in [5.74, 6) is -1.09. The summed E-state index contributed by atoms with van der Waals surface area (Å²) in [7, 11) is 3.03. The molecule has 0 saturated carbocycles. The van der Waals surface area contributed by atoms with Crippen LogP contribution in [-0.4, -0.2) is 70.6 Å². The fourth-order valence-corrected chi connectivity index (χ4v) is 5.52. The Hall–Kier alpha value is -1.72. The highest BCUT2D eigenvalue weighted by molar-refractivity contribution is 8.76. The Kier molecular flexibility index (Phi) is 10.9. The number of esters is 1. The quantitative estimate of drug-likeness (QED) is 0.257. The zero-order chi connectivity index (χ0) is 23.7. The lowest BCUT2D eigenvalue weighted by atomic mass is 9.92. The summed E-state index contributed by atoms with van der Waals surface area (Å²) in [4.78, 5) is 50.7. The number of rotatable bonds is 2. The maximum Gasteiger partial charge on any atom is 0.309 e. The largest absolute Gasteiger partial charge is 0.457 e. The van der Waals surface area contributed by atoms with Crippen LogP contribution in [0.1, 0.15) is 46.5 Å². The van der Waals surface area contributed by atoms with Gasteiger partial charge in [-0.2, -0.15) is 0 Å². The average molecular weight is 488 g/mol. The molecule has 9 nitrogen and oxygen atoms in total. The summed E-state index contributed by atoms with van der Waals surface area (Å²) in [6, 6.07) is -2.42. The van der Waals surface area contributed by atoms with Gasteiger partial charge in [-0.25, -0.2) is 0 Å². The highest BCUT2D eigenvalue weighted by Gasteiger charge is 2.33. The van der Waals surface area contributed by atoms with Crippen LogP contribution < -0.4 is 16.0 Å². The van der Waals surface area contributed by atoms with Crippen molar-refractivity contribution in [2.45, 2.75) is 76.8 Å². The van der Waals surface area contributed by atoms with Gasteiger partial charge in [0.25, 0.3) is 0 Å². The molecule has 2 bridgehead atoms. The predicted octanol–water partition coefficient (Wildman–Crippen LogP) is 0.915. The summed E-state index contributed by atoms with van der Waals surface area (Å²) in [5, 5.41) is 18.9. The molecular weight excluding hydrogens is 454 g/mol. The number of aliphatic hydroxyl groups excluding tert-OH is 1. The molecule has 3 amide bonds. The van der Waals surface area contributed by atoms with E-state index in [1.807, 2.05) is 19.9 Å². The van der Waals surface area contributed by atoms with Crippen LogP contribution in [0.3, 0.4) is 0 Å². The van der Waals surface area contributed by atoms with Crippen LogP contribution in [0.25, 0.3) is 0 Å². The number of aliphatic hydroxyl groups is 1. The van der Waals surface area contributed by atoms with E-state index in [4.69, 9.17) is 4.74 Å². The number of ether oxygens (including phenoxy) is 1. The number of nitrogens with one attached hydrogen (secondary N) is 3. The van der Waals surface area contributed by atoms with Crippen molar-refractivity contribution in [2.24, 2.45) is 5.92 Å². The average Bonchev–Trinajstić information content (AvgIpc) is 2.73. The molecule has 2 aliphatic rings. The minimum Gasteiger partial charge on any atom is -0.457 e. The topological polar surface area (TPSA) is 134 Å². The van der Waals surface area contributed by atoms with Gasteiger partial charge in [0.15, 0.2) is 0 Å².